The van der Waals surface area contributed by atoms with Crippen molar-refractivity contribution in [3.8, 4) is 0 Å². The molecule has 0 spiro atoms. The highest BCUT2D eigenvalue weighted by Gasteiger charge is 2.53. The molecule has 0 radical (unpaired) electrons. The Labute approximate surface area is 181 Å². The molecule has 2 aromatic rings. The maximum atomic E-state index is 13.2. The van der Waals surface area contributed by atoms with Crippen molar-refractivity contribution in [3.05, 3.63) is 39.5 Å². The fourth-order valence-corrected chi connectivity index (χ4v) is 6.71. The number of nitro groups is 1. The molecule has 9 heteroatoms. The largest absolute Gasteiger partial charge is 0.336 e. The van der Waals surface area contributed by atoms with Crippen molar-refractivity contribution >= 4 is 11.6 Å². The Hall–Kier alpha value is -2.71. The number of carbonyl (C=O) groups excluding carboxylic acids is 1. The van der Waals surface area contributed by atoms with Crippen LogP contribution in [0.2, 0.25) is 0 Å². The molecule has 0 saturated heterocycles. The smallest absolute Gasteiger partial charge is 0.320 e. The first-order chi connectivity index (χ1) is 14.8. The van der Waals surface area contributed by atoms with Gasteiger partial charge in [0.05, 0.1) is 16.7 Å². The molecule has 9 nitrogen and oxygen atoms in total. The van der Waals surface area contributed by atoms with Crippen molar-refractivity contribution < 1.29 is 9.72 Å². The van der Waals surface area contributed by atoms with Crippen LogP contribution in [0.5, 0.6) is 0 Å². The molecule has 4 saturated carbocycles. The summed E-state index contributed by atoms with van der Waals surface area (Å²) in [5.74, 6) is 1.65. The van der Waals surface area contributed by atoms with Gasteiger partial charge in [0.15, 0.2) is 0 Å². The van der Waals surface area contributed by atoms with Gasteiger partial charge in [0.2, 0.25) is 5.69 Å². The second-order valence-corrected chi connectivity index (χ2v) is 9.94. The van der Waals surface area contributed by atoms with Gasteiger partial charge in [-0.3, -0.25) is 24.3 Å². The van der Waals surface area contributed by atoms with Gasteiger partial charge in [-0.1, -0.05) is 0 Å². The van der Waals surface area contributed by atoms with Gasteiger partial charge in [0, 0.05) is 31.4 Å². The third-order valence-corrected chi connectivity index (χ3v) is 7.84. The molecule has 0 aromatic carbocycles. The van der Waals surface area contributed by atoms with Gasteiger partial charge >= 0.3 is 5.69 Å². The third kappa shape index (κ3) is 3.25. The zero-order valence-corrected chi connectivity index (χ0v) is 18.5. The lowest BCUT2D eigenvalue weighted by molar-refractivity contribution is -0.385. The van der Waals surface area contributed by atoms with Crippen molar-refractivity contribution in [2.45, 2.75) is 71.0 Å². The molecule has 6 rings (SSSR count). The Morgan fingerprint density at radius 3 is 2.39 bits per heavy atom. The van der Waals surface area contributed by atoms with Gasteiger partial charge in [0.1, 0.15) is 6.20 Å². The molecule has 4 aliphatic carbocycles. The Balaban J connectivity index is 1.44. The Kier molecular flexibility index (Phi) is 4.67. The molecule has 2 heterocycles. The lowest BCUT2D eigenvalue weighted by Crippen LogP contribution is -2.52. The van der Waals surface area contributed by atoms with Crippen LogP contribution in [0, 0.1) is 34.8 Å². The van der Waals surface area contributed by atoms with E-state index in [2.05, 4.69) is 10.2 Å². The standard InChI is InChI=1S/C22H30N6O3/c1-4-26-14(2)18(11-23-26)12-25(3)21(29)20-19(28(30)31)13-27(24-20)22-8-15-5-16(9-22)7-17(6-15)10-22/h11,13,15-17H,4-10,12H2,1-3H3. The average molecular weight is 427 g/mol. The summed E-state index contributed by atoms with van der Waals surface area (Å²) < 4.78 is 3.68. The van der Waals surface area contributed by atoms with Crippen LogP contribution in [-0.2, 0) is 18.6 Å². The van der Waals surface area contributed by atoms with Crippen LogP contribution >= 0.6 is 0 Å². The number of carbonyl (C=O) groups is 1. The fourth-order valence-electron chi connectivity index (χ4n) is 6.71. The van der Waals surface area contributed by atoms with Crippen molar-refractivity contribution in [1.29, 1.82) is 0 Å². The van der Waals surface area contributed by atoms with E-state index in [4.69, 9.17) is 0 Å². The second kappa shape index (κ2) is 7.17. The maximum Gasteiger partial charge on any atom is 0.320 e. The second-order valence-electron chi connectivity index (χ2n) is 9.94. The van der Waals surface area contributed by atoms with Crippen LogP contribution in [0.15, 0.2) is 12.4 Å². The molecule has 166 valence electrons. The summed E-state index contributed by atoms with van der Waals surface area (Å²) in [5.41, 5.74) is 1.53. The highest BCUT2D eigenvalue weighted by Crippen LogP contribution is 2.58. The van der Waals surface area contributed by atoms with E-state index in [0.29, 0.717) is 24.3 Å². The van der Waals surface area contributed by atoms with Crippen LogP contribution in [0.1, 0.15) is 67.2 Å². The van der Waals surface area contributed by atoms with Crippen molar-refractivity contribution in [2.24, 2.45) is 17.8 Å². The molecular formula is C22H30N6O3. The molecule has 4 fully saturated rings. The van der Waals surface area contributed by atoms with Gasteiger partial charge in [-0.2, -0.15) is 10.2 Å². The molecule has 2 aromatic heterocycles. The first-order valence-electron chi connectivity index (χ1n) is 11.3. The summed E-state index contributed by atoms with van der Waals surface area (Å²) in [6.45, 7) is 5.07. The normalized spacial score (nSPS) is 28.8. The minimum Gasteiger partial charge on any atom is -0.336 e. The summed E-state index contributed by atoms with van der Waals surface area (Å²) >= 11 is 0. The lowest BCUT2D eigenvalue weighted by Gasteiger charge is -2.56. The minimum atomic E-state index is -0.467. The van der Waals surface area contributed by atoms with Crippen molar-refractivity contribution in [2.75, 3.05) is 7.05 Å². The molecule has 1 amide bonds. The van der Waals surface area contributed by atoms with E-state index in [0.717, 1.165) is 37.1 Å². The van der Waals surface area contributed by atoms with Crippen LogP contribution in [-0.4, -0.2) is 42.3 Å². The highest BCUT2D eigenvalue weighted by atomic mass is 16.6. The van der Waals surface area contributed by atoms with Crippen LogP contribution < -0.4 is 0 Å². The molecule has 0 atom stereocenters. The fraction of sp³-hybridized carbons (Fsp3) is 0.682. The Bertz CT molecular complexity index is 1000. The number of nitrogens with zero attached hydrogens (tertiary/aromatic N) is 6. The molecule has 4 bridgehead atoms. The number of aryl methyl sites for hydroxylation is 1. The van der Waals surface area contributed by atoms with Gasteiger partial charge in [-0.05, 0) is 70.1 Å². The highest BCUT2D eigenvalue weighted by molar-refractivity contribution is 5.95. The quantitative estimate of drug-likeness (QED) is 0.520. The summed E-state index contributed by atoms with van der Waals surface area (Å²) in [6, 6.07) is 0. The third-order valence-electron chi connectivity index (χ3n) is 7.84. The first-order valence-corrected chi connectivity index (χ1v) is 11.3. The zero-order chi connectivity index (χ0) is 21.9. The van der Waals surface area contributed by atoms with E-state index in [1.807, 2.05) is 18.5 Å². The molecule has 4 aliphatic rings. The van der Waals surface area contributed by atoms with E-state index in [-0.39, 0.29) is 16.9 Å². The van der Waals surface area contributed by atoms with E-state index < -0.39 is 10.8 Å². The molecule has 0 N–H and O–H groups in total. The summed E-state index contributed by atoms with van der Waals surface area (Å²) in [5, 5.41) is 20.7. The number of rotatable bonds is 6. The monoisotopic (exact) mass is 426 g/mol. The summed E-state index contributed by atoms with van der Waals surface area (Å²) in [6.07, 6.45) is 10.2. The SMILES string of the molecule is CCn1ncc(CN(C)C(=O)c2nn(C34CC5CC(CC(C5)C3)C4)cc2[N+](=O)[O-])c1C. The predicted octanol–water partition coefficient (Wildman–Crippen LogP) is 3.51. The Morgan fingerprint density at radius 2 is 1.87 bits per heavy atom. The van der Waals surface area contributed by atoms with Gasteiger partial charge in [0.25, 0.3) is 5.91 Å². The van der Waals surface area contributed by atoms with E-state index in [9.17, 15) is 14.9 Å². The molecule has 0 aliphatic heterocycles. The Morgan fingerprint density at radius 1 is 1.26 bits per heavy atom. The van der Waals surface area contributed by atoms with Gasteiger partial charge < -0.3 is 4.90 Å². The topological polar surface area (TPSA) is 99.1 Å². The summed E-state index contributed by atoms with van der Waals surface area (Å²) in [7, 11) is 1.67. The van der Waals surface area contributed by atoms with E-state index in [1.54, 1.807) is 17.9 Å². The number of aromatic nitrogens is 4. The molecule has 31 heavy (non-hydrogen) atoms. The van der Waals surface area contributed by atoms with E-state index >= 15 is 0 Å². The number of hydrogen-bond acceptors (Lipinski definition) is 5. The number of amides is 1. The zero-order valence-electron chi connectivity index (χ0n) is 18.5. The summed E-state index contributed by atoms with van der Waals surface area (Å²) in [4.78, 5) is 26.1. The van der Waals surface area contributed by atoms with E-state index in [1.165, 1.54) is 30.4 Å². The maximum absolute atomic E-state index is 13.2. The van der Waals surface area contributed by atoms with Gasteiger partial charge in [-0.25, -0.2) is 0 Å². The van der Waals surface area contributed by atoms with Crippen molar-refractivity contribution in [3.63, 3.8) is 0 Å². The van der Waals surface area contributed by atoms with Crippen molar-refractivity contribution in [1.82, 2.24) is 24.5 Å². The lowest BCUT2D eigenvalue weighted by atomic mass is 9.53. The first kappa shape index (κ1) is 20.2. The van der Waals surface area contributed by atoms with Crippen LogP contribution in [0.4, 0.5) is 5.69 Å². The predicted molar refractivity (Wildman–Crippen MR) is 113 cm³/mol. The molecular weight excluding hydrogens is 396 g/mol. The minimum absolute atomic E-state index is 0.0521. The molecule has 0 unspecified atom stereocenters. The van der Waals surface area contributed by atoms with Crippen LogP contribution in [0.25, 0.3) is 0 Å². The average Bonchev–Trinajstić information content (AvgIpc) is 3.31. The number of hydrogen-bond donors (Lipinski definition) is 0. The van der Waals surface area contributed by atoms with Gasteiger partial charge in [-0.15, -0.1) is 0 Å². The van der Waals surface area contributed by atoms with Crippen LogP contribution in [0.3, 0.4) is 0 Å².